The van der Waals surface area contributed by atoms with Crippen LogP contribution in [-0.4, -0.2) is 101 Å². The molecule has 0 radical (unpaired) electrons. The van der Waals surface area contributed by atoms with E-state index in [2.05, 4.69) is 35.4 Å². The maximum atomic E-state index is 13.0. The molecule has 3 unspecified atom stereocenters. The highest BCUT2D eigenvalue weighted by atomic mass is 35.5. The lowest BCUT2D eigenvalue weighted by atomic mass is 9.93. The van der Waals surface area contributed by atoms with Gasteiger partial charge < -0.3 is 35.4 Å². The predicted molar refractivity (Wildman–Crippen MR) is 201 cm³/mol. The summed E-state index contributed by atoms with van der Waals surface area (Å²) in [7, 11) is -3.35. The SMILES string of the molecule is CC(CCCCN(CCS(C)(=O)=O)C(=O)CC(O)C(O)[C@@H](O)CO)c1ccc(Cl)c(CNC2(c3cnccc3-c3ccccc3OC3CC3)CC2)c1. The molecule has 3 aromatic rings. The van der Waals surface area contributed by atoms with Crippen molar-refractivity contribution in [2.24, 2.45) is 0 Å². The summed E-state index contributed by atoms with van der Waals surface area (Å²) in [6, 6.07) is 16.4. The lowest BCUT2D eigenvalue weighted by Crippen LogP contribution is -2.44. The molecule has 2 aliphatic rings. The van der Waals surface area contributed by atoms with Crippen molar-refractivity contribution in [3.8, 4) is 16.9 Å². The zero-order valence-electron chi connectivity index (χ0n) is 30.0. The Morgan fingerprint density at radius 2 is 1.81 bits per heavy atom. The van der Waals surface area contributed by atoms with Crippen molar-refractivity contribution >= 4 is 27.3 Å². The molecule has 52 heavy (non-hydrogen) atoms. The van der Waals surface area contributed by atoms with Crippen LogP contribution >= 0.6 is 11.6 Å². The summed E-state index contributed by atoms with van der Waals surface area (Å²) in [6.45, 7) is 2.18. The van der Waals surface area contributed by atoms with Gasteiger partial charge in [0.15, 0.2) is 0 Å². The molecule has 0 bridgehead atoms. The Kier molecular flexibility index (Phi) is 13.7. The van der Waals surface area contributed by atoms with E-state index in [0.29, 0.717) is 24.1 Å². The fraction of sp³-hybridized carbons (Fsp3) is 0.538. The van der Waals surface area contributed by atoms with Crippen molar-refractivity contribution < 1.29 is 38.4 Å². The first kappa shape index (κ1) is 40.1. The fourth-order valence-corrected chi connectivity index (χ4v) is 7.22. The first-order valence-corrected chi connectivity index (χ1v) is 20.6. The van der Waals surface area contributed by atoms with E-state index in [1.165, 1.54) is 4.90 Å². The Morgan fingerprint density at radius 3 is 2.50 bits per heavy atom. The van der Waals surface area contributed by atoms with Gasteiger partial charge in [-0.15, -0.1) is 0 Å². The number of para-hydroxylation sites is 1. The minimum atomic E-state index is -3.35. The van der Waals surface area contributed by atoms with Crippen molar-refractivity contribution in [1.82, 2.24) is 15.2 Å². The van der Waals surface area contributed by atoms with Crippen LogP contribution in [0.4, 0.5) is 0 Å². The smallest absolute Gasteiger partial charge is 0.225 e. The largest absolute Gasteiger partial charge is 0.490 e. The number of nitrogens with one attached hydrogen (secondary N) is 1. The number of benzene rings is 2. The molecule has 1 aromatic heterocycles. The van der Waals surface area contributed by atoms with E-state index < -0.39 is 47.1 Å². The number of pyridine rings is 1. The predicted octanol–water partition coefficient (Wildman–Crippen LogP) is 4.33. The Hall–Kier alpha value is -3.10. The van der Waals surface area contributed by atoms with Crippen molar-refractivity contribution in [2.45, 2.75) is 101 Å². The molecule has 4 atom stereocenters. The number of nitrogens with zero attached hydrogens (tertiary/aromatic N) is 2. The summed E-state index contributed by atoms with van der Waals surface area (Å²) in [5.41, 5.74) is 5.28. The number of hydrogen-bond donors (Lipinski definition) is 5. The Labute approximate surface area is 311 Å². The summed E-state index contributed by atoms with van der Waals surface area (Å²) in [5.74, 6) is 0.321. The minimum absolute atomic E-state index is 0.0467. The first-order chi connectivity index (χ1) is 24.8. The van der Waals surface area contributed by atoms with E-state index in [1.54, 1.807) is 0 Å². The van der Waals surface area contributed by atoms with Crippen LogP contribution in [0.1, 0.15) is 80.9 Å². The van der Waals surface area contributed by atoms with Crippen molar-refractivity contribution in [3.05, 3.63) is 82.6 Å². The van der Waals surface area contributed by atoms with Crippen molar-refractivity contribution in [2.75, 3.05) is 31.7 Å². The molecule has 0 saturated heterocycles. The molecule has 0 spiro atoms. The molecule has 5 rings (SSSR count). The summed E-state index contributed by atoms with van der Waals surface area (Å²) in [5, 5.41) is 43.4. The third kappa shape index (κ3) is 11.0. The Balaban J connectivity index is 1.18. The van der Waals surface area contributed by atoms with Crippen LogP contribution in [0.15, 0.2) is 60.9 Å². The van der Waals surface area contributed by atoms with E-state index in [0.717, 1.165) is 78.3 Å². The first-order valence-electron chi connectivity index (χ1n) is 18.1. The molecule has 0 aliphatic heterocycles. The molecular weight excluding hydrogens is 706 g/mol. The number of rotatable bonds is 21. The number of ether oxygens (including phenoxy) is 1. The molecule has 2 aliphatic carbocycles. The van der Waals surface area contributed by atoms with Crippen LogP contribution in [0.2, 0.25) is 5.02 Å². The average molecular weight is 758 g/mol. The van der Waals surface area contributed by atoms with Crippen LogP contribution in [0.3, 0.4) is 0 Å². The number of hydrogen-bond acceptors (Lipinski definition) is 10. The molecule has 5 N–H and O–H groups in total. The number of aliphatic hydroxyl groups excluding tert-OH is 4. The van der Waals surface area contributed by atoms with Crippen LogP contribution in [0, 0.1) is 0 Å². The molecule has 1 heterocycles. The average Bonchev–Trinajstić information content (AvgIpc) is 4.07. The normalized spacial score (nSPS) is 17.6. The van der Waals surface area contributed by atoms with Gasteiger partial charge in [-0.3, -0.25) is 9.78 Å². The Bertz CT molecular complexity index is 1770. The topological polar surface area (TPSA) is 170 Å². The molecular formula is C39H52ClN3O8S. The zero-order valence-corrected chi connectivity index (χ0v) is 31.5. The van der Waals surface area contributed by atoms with Crippen LogP contribution in [0.25, 0.3) is 11.1 Å². The summed E-state index contributed by atoms with van der Waals surface area (Å²) >= 11 is 6.72. The van der Waals surface area contributed by atoms with Crippen LogP contribution in [-0.2, 0) is 26.7 Å². The second-order valence-electron chi connectivity index (χ2n) is 14.4. The zero-order chi connectivity index (χ0) is 37.5. The van der Waals surface area contributed by atoms with Gasteiger partial charge in [0.05, 0.1) is 31.0 Å². The highest BCUT2D eigenvalue weighted by molar-refractivity contribution is 7.90. The standard InChI is InChI=1S/C39H52ClN3O8S/c1-26(7-5-6-18-43(19-20-52(2,49)50)37(47)22-34(45)38(48)35(46)25-44)27-10-13-33(40)28(21-27)23-42-39(15-16-39)32-24-41-17-14-30(32)31-8-3-4-9-36(31)51-29-11-12-29/h3-4,8-10,13-14,17,21,24,26,29,34-35,38,42,44-46,48H,5-7,11-12,15-16,18-20,22-23,25H2,1-2H3/t26?,34?,35-,38?/m0/s1. The number of carbonyl (C=O) groups excluding carboxylic acids is 1. The molecule has 11 nitrogen and oxygen atoms in total. The Morgan fingerprint density at radius 1 is 1.06 bits per heavy atom. The molecule has 2 aromatic carbocycles. The summed E-state index contributed by atoms with van der Waals surface area (Å²) < 4.78 is 29.9. The van der Waals surface area contributed by atoms with E-state index >= 15 is 0 Å². The highest BCUT2D eigenvalue weighted by Gasteiger charge is 2.46. The van der Waals surface area contributed by atoms with Gasteiger partial charge in [-0.2, -0.15) is 0 Å². The maximum Gasteiger partial charge on any atom is 0.225 e. The van der Waals surface area contributed by atoms with Gasteiger partial charge in [-0.05, 0) is 84.9 Å². The molecule has 2 saturated carbocycles. The number of unbranched alkanes of at least 4 members (excludes halogenated alkanes) is 1. The van der Waals surface area contributed by atoms with Gasteiger partial charge in [0.2, 0.25) is 5.91 Å². The molecule has 13 heteroatoms. The van der Waals surface area contributed by atoms with E-state index in [1.807, 2.05) is 42.7 Å². The fourth-order valence-electron chi connectivity index (χ4n) is 6.49. The van der Waals surface area contributed by atoms with Gasteiger partial charge in [0.1, 0.15) is 27.8 Å². The second-order valence-corrected chi connectivity index (χ2v) is 17.1. The molecule has 1 amide bonds. The van der Waals surface area contributed by atoms with E-state index in [9.17, 15) is 28.5 Å². The van der Waals surface area contributed by atoms with E-state index in [-0.39, 0.29) is 30.3 Å². The highest BCUT2D eigenvalue weighted by Crippen LogP contribution is 2.50. The number of aromatic nitrogens is 1. The van der Waals surface area contributed by atoms with Gasteiger partial charge in [-0.25, -0.2) is 8.42 Å². The summed E-state index contributed by atoms with van der Waals surface area (Å²) in [6.07, 6.45) is 6.10. The van der Waals surface area contributed by atoms with Crippen LogP contribution in [0.5, 0.6) is 5.75 Å². The number of sulfone groups is 1. The third-order valence-corrected chi connectivity index (χ3v) is 11.4. The summed E-state index contributed by atoms with van der Waals surface area (Å²) in [4.78, 5) is 18.8. The number of amides is 1. The van der Waals surface area contributed by atoms with Gasteiger partial charge in [-0.1, -0.05) is 55.3 Å². The lowest BCUT2D eigenvalue weighted by Gasteiger charge is -2.26. The number of carbonyl (C=O) groups is 1. The van der Waals surface area contributed by atoms with Gasteiger partial charge in [0, 0.05) is 54.4 Å². The number of aliphatic hydroxyl groups is 4. The second kappa shape index (κ2) is 17.8. The molecule has 2 fully saturated rings. The third-order valence-electron chi connectivity index (χ3n) is 10.1. The van der Waals surface area contributed by atoms with E-state index in [4.69, 9.17) is 21.4 Å². The van der Waals surface area contributed by atoms with Gasteiger partial charge >= 0.3 is 0 Å². The molecule has 284 valence electrons. The van der Waals surface area contributed by atoms with Gasteiger partial charge in [0.25, 0.3) is 0 Å². The number of halogens is 1. The quantitative estimate of drug-likeness (QED) is 0.0987. The minimum Gasteiger partial charge on any atom is -0.490 e. The van der Waals surface area contributed by atoms with Crippen LogP contribution < -0.4 is 10.1 Å². The monoisotopic (exact) mass is 757 g/mol. The van der Waals surface area contributed by atoms with Crippen molar-refractivity contribution in [3.63, 3.8) is 0 Å². The lowest BCUT2D eigenvalue weighted by molar-refractivity contribution is -0.137. The maximum absolute atomic E-state index is 13.0. The van der Waals surface area contributed by atoms with Crippen molar-refractivity contribution in [1.29, 1.82) is 0 Å².